The van der Waals surface area contributed by atoms with E-state index in [2.05, 4.69) is 12.3 Å². The molecule has 106 valence electrons. The maximum absolute atomic E-state index is 11.5. The van der Waals surface area contributed by atoms with Gasteiger partial charge >= 0.3 is 0 Å². The molecule has 0 saturated carbocycles. The molecule has 0 unspecified atom stereocenters. The molecule has 5 heteroatoms. The summed E-state index contributed by atoms with van der Waals surface area (Å²) in [6, 6.07) is 7.23. The van der Waals surface area contributed by atoms with E-state index in [4.69, 9.17) is 15.3 Å². The summed E-state index contributed by atoms with van der Waals surface area (Å²) in [7, 11) is 0. The molecule has 0 aliphatic carbocycles. The van der Waals surface area contributed by atoms with E-state index in [9.17, 15) is 4.79 Å². The molecule has 1 aromatic carbocycles. The van der Waals surface area contributed by atoms with Crippen molar-refractivity contribution in [1.82, 2.24) is 5.43 Å². The number of hydrazine groups is 1. The van der Waals surface area contributed by atoms with Crippen LogP contribution < -0.4 is 11.3 Å². The van der Waals surface area contributed by atoms with Gasteiger partial charge in [0.25, 0.3) is 5.91 Å². The largest absolute Gasteiger partial charge is 0.379 e. The molecule has 0 saturated heterocycles. The van der Waals surface area contributed by atoms with E-state index in [0.717, 1.165) is 25.0 Å². The smallest absolute Gasteiger partial charge is 0.265 e. The average Bonchev–Trinajstić information content (AvgIpc) is 2.46. The highest BCUT2D eigenvalue weighted by Gasteiger charge is 2.08. The van der Waals surface area contributed by atoms with Gasteiger partial charge in [0, 0.05) is 12.2 Å². The van der Waals surface area contributed by atoms with E-state index in [1.54, 1.807) is 12.1 Å². The first-order valence-corrected chi connectivity index (χ1v) is 6.54. The summed E-state index contributed by atoms with van der Waals surface area (Å²) >= 11 is 0. The number of hydrogen-bond acceptors (Lipinski definition) is 4. The van der Waals surface area contributed by atoms with Crippen molar-refractivity contribution in [3.8, 4) is 0 Å². The second-order valence-electron chi connectivity index (χ2n) is 4.15. The number of nitrogens with one attached hydrogen (secondary N) is 1. The Morgan fingerprint density at radius 3 is 2.68 bits per heavy atom. The van der Waals surface area contributed by atoms with Gasteiger partial charge in [0.2, 0.25) is 0 Å². The van der Waals surface area contributed by atoms with Crippen molar-refractivity contribution in [2.24, 2.45) is 5.84 Å². The summed E-state index contributed by atoms with van der Waals surface area (Å²) in [5.41, 5.74) is 3.48. The van der Waals surface area contributed by atoms with E-state index in [1.165, 1.54) is 0 Å². The van der Waals surface area contributed by atoms with Crippen LogP contribution in [-0.2, 0) is 16.1 Å². The minimum absolute atomic E-state index is 0.307. The number of carbonyl (C=O) groups excluding carboxylic acids is 1. The lowest BCUT2D eigenvalue weighted by Gasteiger charge is -2.09. The van der Waals surface area contributed by atoms with Gasteiger partial charge in [0.1, 0.15) is 0 Å². The highest BCUT2D eigenvalue weighted by molar-refractivity contribution is 5.95. The summed E-state index contributed by atoms with van der Waals surface area (Å²) in [5.74, 6) is 4.83. The molecule has 5 nitrogen and oxygen atoms in total. The summed E-state index contributed by atoms with van der Waals surface area (Å²) < 4.78 is 10.9. The number of amides is 1. The molecule has 0 atom stereocenters. The second-order valence-corrected chi connectivity index (χ2v) is 4.15. The van der Waals surface area contributed by atoms with Crippen LogP contribution in [0, 0.1) is 0 Å². The van der Waals surface area contributed by atoms with Crippen LogP contribution >= 0.6 is 0 Å². The molecular formula is C14H22N2O3. The number of ether oxygens (including phenoxy) is 2. The minimum Gasteiger partial charge on any atom is -0.379 e. The topological polar surface area (TPSA) is 73.6 Å². The molecule has 0 fully saturated rings. The molecule has 3 N–H and O–H groups in total. The zero-order valence-electron chi connectivity index (χ0n) is 11.4. The van der Waals surface area contributed by atoms with Gasteiger partial charge in [0.15, 0.2) is 0 Å². The first kappa shape index (κ1) is 15.6. The predicted molar refractivity (Wildman–Crippen MR) is 73.5 cm³/mol. The predicted octanol–water partition coefficient (Wildman–Crippen LogP) is 1.62. The molecule has 0 radical (unpaired) electrons. The Balaban J connectivity index is 2.31. The van der Waals surface area contributed by atoms with Crippen molar-refractivity contribution in [3.63, 3.8) is 0 Å². The van der Waals surface area contributed by atoms with Crippen LogP contribution in [0.4, 0.5) is 0 Å². The second kappa shape index (κ2) is 9.49. The molecule has 0 aliphatic rings. The van der Waals surface area contributed by atoms with Gasteiger partial charge in [-0.2, -0.15) is 0 Å². The van der Waals surface area contributed by atoms with E-state index >= 15 is 0 Å². The Kier molecular flexibility index (Phi) is 7.81. The molecule has 1 aromatic rings. The molecule has 19 heavy (non-hydrogen) atoms. The molecule has 1 amide bonds. The Labute approximate surface area is 114 Å². The summed E-state index contributed by atoms with van der Waals surface area (Å²) in [5, 5.41) is 0. The van der Waals surface area contributed by atoms with Crippen LogP contribution in [0.1, 0.15) is 35.7 Å². The Bertz CT molecular complexity index is 383. The van der Waals surface area contributed by atoms with Crippen LogP contribution in [0.3, 0.4) is 0 Å². The average molecular weight is 266 g/mol. The van der Waals surface area contributed by atoms with Gasteiger partial charge in [-0.05, 0) is 18.1 Å². The molecule has 0 spiro atoms. The maximum Gasteiger partial charge on any atom is 0.265 e. The van der Waals surface area contributed by atoms with E-state index in [0.29, 0.717) is 25.4 Å². The van der Waals surface area contributed by atoms with Crippen LogP contribution in [-0.4, -0.2) is 25.7 Å². The van der Waals surface area contributed by atoms with Crippen molar-refractivity contribution >= 4 is 5.91 Å². The van der Waals surface area contributed by atoms with E-state index < -0.39 is 0 Å². The summed E-state index contributed by atoms with van der Waals surface area (Å²) in [6.07, 6.45) is 2.20. The van der Waals surface area contributed by atoms with Crippen molar-refractivity contribution in [3.05, 3.63) is 35.4 Å². The Morgan fingerprint density at radius 2 is 1.95 bits per heavy atom. The first-order chi connectivity index (χ1) is 9.29. The number of rotatable bonds is 9. The lowest BCUT2D eigenvalue weighted by Crippen LogP contribution is -2.30. The third-order valence-electron chi connectivity index (χ3n) is 2.66. The minimum atomic E-state index is -0.307. The Morgan fingerprint density at radius 1 is 1.21 bits per heavy atom. The van der Waals surface area contributed by atoms with Gasteiger partial charge in [-0.15, -0.1) is 0 Å². The zero-order chi connectivity index (χ0) is 13.9. The SMILES string of the molecule is CCCCOCCOCc1ccccc1C(=O)NN. The number of nitrogens with two attached hydrogens (primary N) is 1. The quantitative estimate of drug-likeness (QED) is 0.308. The van der Waals surface area contributed by atoms with Crippen molar-refractivity contribution < 1.29 is 14.3 Å². The van der Waals surface area contributed by atoms with Crippen molar-refractivity contribution in [2.75, 3.05) is 19.8 Å². The van der Waals surface area contributed by atoms with Crippen LogP contribution in [0.15, 0.2) is 24.3 Å². The summed E-state index contributed by atoms with van der Waals surface area (Å²) in [6.45, 7) is 4.36. The van der Waals surface area contributed by atoms with Gasteiger partial charge in [-0.3, -0.25) is 10.2 Å². The number of benzene rings is 1. The Hall–Kier alpha value is -1.43. The standard InChI is InChI=1S/C14H22N2O3/c1-2-3-8-18-9-10-19-11-12-6-4-5-7-13(12)14(17)16-15/h4-7H,2-3,8-11,15H2,1H3,(H,16,17). The fraction of sp³-hybridized carbons (Fsp3) is 0.500. The molecule has 1 rings (SSSR count). The maximum atomic E-state index is 11.5. The molecule has 0 bridgehead atoms. The zero-order valence-corrected chi connectivity index (χ0v) is 11.4. The van der Waals surface area contributed by atoms with Crippen LogP contribution in [0.25, 0.3) is 0 Å². The van der Waals surface area contributed by atoms with Crippen LogP contribution in [0.5, 0.6) is 0 Å². The molecular weight excluding hydrogens is 244 g/mol. The van der Waals surface area contributed by atoms with E-state index in [-0.39, 0.29) is 5.91 Å². The number of unbranched alkanes of at least 4 members (excludes halogenated alkanes) is 1. The first-order valence-electron chi connectivity index (χ1n) is 6.54. The van der Waals surface area contributed by atoms with Crippen LogP contribution in [0.2, 0.25) is 0 Å². The van der Waals surface area contributed by atoms with Gasteiger partial charge in [-0.1, -0.05) is 31.5 Å². The highest BCUT2D eigenvalue weighted by Crippen LogP contribution is 2.09. The van der Waals surface area contributed by atoms with E-state index in [1.807, 2.05) is 12.1 Å². The molecule has 0 heterocycles. The fourth-order valence-corrected chi connectivity index (χ4v) is 1.59. The van der Waals surface area contributed by atoms with Crippen molar-refractivity contribution in [2.45, 2.75) is 26.4 Å². The monoisotopic (exact) mass is 266 g/mol. The fourth-order valence-electron chi connectivity index (χ4n) is 1.59. The highest BCUT2D eigenvalue weighted by atomic mass is 16.5. The molecule has 0 aliphatic heterocycles. The number of carbonyl (C=O) groups is 1. The summed E-state index contributed by atoms with van der Waals surface area (Å²) in [4.78, 5) is 11.5. The normalized spacial score (nSPS) is 10.4. The number of hydrogen-bond donors (Lipinski definition) is 2. The lowest BCUT2D eigenvalue weighted by molar-refractivity contribution is 0.0394. The third-order valence-corrected chi connectivity index (χ3v) is 2.66. The van der Waals surface area contributed by atoms with Gasteiger partial charge in [-0.25, -0.2) is 5.84 Å². The molecule has 0 aromatic heterocycles. The third kappa shape index (κ3) is 5.83. The lowest BCUT2D eigenvalue weighted by atomic mass is 10.1. The van der Waals surface area contributed by atoms with Gasteiger partial charge < -0.3 is 9.47 Å². The van der Waals surface area contributed by atoms with Gasteiger partial charge in [0.05, 0.1) is 19.8 Å². The van der Waals surface area contributed by atoms with Crippen molar-refractivity contribution in [1.29, 1.82) is 0 Å². The number of nitrogen functional groups attached to an aromatic ring is 1.